The number of ether oxygens (including phenoxy) is 1. The van der Waals surface area contributed by atoms with Crippen molar-refractivity contribution in [3.8, 4) is 5.75 Å². The molecule has 0 N–H and O–H groups in total. The van der Waals surface area contributed by atoms with E-state index in [4.69, 9.17) is 4.74 Å². The molecule has 2 aromatic carbocycles. The van der Waals surface area contributed by atoms with Gasteiger partial charge in [0, 0.05) is 4.47 Å². The second-order valence-electron chi connectivity index (χ2n) is 4.31. The van der Waals surface area contributed by atoms with E-state index in [2.05, 4.69) is 15.9 Å². The summed E-state index contributed by atoms with van der Waals surface area (Å²) in [5.74, 6) is -0.263. The number of carbonyl (C=O) groups excluding carboxylic acids is 1. The number of hydrogen-bond donors (Lipinski definition) is 0. The average molecular weight is 359 g/mol. The van der Waals surface area contributed by atoms with E-state index in [1.165, 1.54) is 6.07 Å². The van der Waals surface area contributed by atoms with E-state index in [-0.39, 0.29) is 16.5 Å². The summed E-state index contributed by atoms with van der Waals surface area (Å²) in [7, 11) is 0. The maximum absolute atomic E-state index is 12.7. The van der Waals surface area contributed by atoms with Crippen LogP contribution in [0.4, 0.5) is 13.2 Å². The molecule has 0 atom stereocenters. The monoisotopic (exact) mass is 358 g/mol. The van der Waals surface area contributed by atoms with Crippen LogP contribution in [-0.2, 0) is 17.4 Å². The normalized spacial score (nSPS) is 11.2. The van der Waals surface area contributed by atoms with Gasteiger partial charge >= 0.3 is 12.1 Å². The van der Waals surface area contributed by atoms with Crippen LogP contribution in [0, 0.1) is 0 Å². The van der Waals surface area contributed by atoms with Crippen LogP contribution in [0.3, 0.4) is 0 Å². The molecule has 0 aliphatic rings. The van der Waals surface area contributed by atoms with E-state index in [0.717, 1.165) is 12.1 Å². The summed E-state index contributed by atoms with van der Waals surface area (Å²) in [5, 5.41) is 0. The summed E-state index contributed by atoms with van der Waals surface area (Å²) in [5.41, 5.74) is -0.572. The largest absolute Gasteiger partial charge is 0.426 e. The lowest BCUT2D eigenvalue weighted by molar-refractivity contribution is -0.138. The highest BCUT2D eigenvalue weighted by molar-refractivity contribution is 9.10. The minimum atomic E-state index is -4.46. The van der Waals surface area contributed by atoms with Gasteiger partial charge in [-0.05, 0) is 35.9 Å². The van der Waals surface area contributed by atoms with Gasteiger partial charge in [0.2, 0.25) is 0 Å². The van der Waals surface area contributed by atoms with Crippen LogP contribution >= 0.6 is 15.9 Å². The molecule has 0 bridgehead atoms. The van der Waals surface area contributed by atoms with Gasteiger partial charge < -0.3 is 4.74 Å². The van der Waals surface area contributed by atoms with Crippen LogP contribution in [0.2, 0.25) is 0 Å². The van der Waals surface area contributed by atoms with Gasteiger partial charge in [0.05, 0.1) is 12.0 Å². The summed E-state index contributed by atoms with van der Waals surface area (Å²) >= 11 is 3.01. The molecule has 0 aliphatic carbocycles. The molecular weight excluding hydrogens is 349 g/mol. The number of rotatable bonds is 3. The fourth-order valence-electron chi connectivity index (χ4n) is 1.74. The molecular formula is C15H10BrF3O2. The standard InChI is InChI=1S/C15H10BrF3O2/c16-12-7-10(6-11(9-12)15(17,18)19)8-14(20)21-13-4-2-1-3-5-13/h1-7,9H,8H2. The first kappa shape index (κ1) is 15.6. The molecule has 0 fully saturated rings. The van der Waals surface area contributed by atoms with E-state index in [1.54, 1.807) is 30.3 Å². The second kappa shape index (κ2) is 6.30. The Balaban J connectivity index is 2.12. The molecule has 0 saturated heterocycles. The van der Waals surface area contributed by atoms with Crippen molar-refractivity contribution in [1.82, 2.24) is 0 Å². The summed E-state index contributed by atoms with van der Waals surface area (Å²) in [4.78, 5) is 11.7. The van der Waals surface area contributed by atoms with Crippen molar-refractivity contribution in [3.63, 3.8) is 0 Å². The Morgan fingerprint density at radius 3 is 2.38 bits per heavy atom. The topological polar surface area (TPSA) is 26.3 Å². The number of esters is 1. The molecule has 0 spiro atoms. The van der Waals surface area contributed by atoms with Gasteiger partial charge in [-0.15, -0.1) is 0 Å². The lowest BCUT2D eigenvalue weighted by Gasteiger charge is -2.10. The predicted octanol–water partition coefficient (Wildman–Crippen LogP) is 4.62. The molecule has 2 aromatic rings. The van der Waals surface area contributed by atoms with Crippen molar-refractivity contribution in [2.75, 3.05) is 0 Å². The minimum Gasteiger partial charge on any atom is -0.426 e. The Morgan fingerprint density at radius 2 is 1.76 bits per heavy atom. The number of hydrogen-bond acceptors (Lipinski definition) is 2. The summed E-state index contributed by atoms with van der Waals surface area (Å²) in [6.45, 7) is 0. The first-order chi connectivity index (χ1) is 9.84. The van der Waals surface area contributed by atoms with Gasteiger partial charge in [-0.3, -0.25) is 4.79 Å². The quantitative estimate of drug-likeness (QED) is 0.591. The highest BCUT2D eigenvalue weighted by Crippen LogP contribution is 2.32. The fraction of sp³-hybridized carbons (Fsp3) is 0.133. The van der Waals surface area contributed by atoms with E-state index in [0.29, 0.717) is 5.75 Å². The number of alkyl halides is 3. The Kier molecular flexibility index (Phi) is 4.67. The predicted molar refractivity (Wildman–Crippen MR) is 74.9 cm³/mol. The Morgan fingerprint density at radius 1 is 1.10 bits per heavy atom. The van der Waals surface area contributed by atoms with E-state index >= 15 is 0 Å². The van der Waals surface area contributed by atoms with Crippen LogP contribution in [0.1, 0.15) is 11.1 Å². The van der Waals surface area contributed by atoms with Crippen molar-refractivity contribution in [2.45, 2.75) is 12.6 Å². The summed E-state index contributed by atoms with van der Waals surface area (Å²) < 4.78 is 43.4. The lowest BCUT2D eigenvalue weighted by Crippen LogP contribution is -2.12. The smallest absolute Gasteiger partial charge is 0.416 e. The van der Waals surface area contributed by atoms with Crippen molar-refractivity contribution < 1.29 is 22.7 Å². The van der Waals surface area contributed by atoms with Gasteiger partial charge in [-0.1, -0.05) is 34.1 Å². The first-order valence-corrected chi connectivity index (χ1v) is 6.76. The third kappa shape index (κ3) is 4.60. The van der Waals surface area contributed by atoms with Crippen LogP contribution < -0.4 is 4.74 Å². The maximum atomic E-state index is 12.7. The molecule has 0 saturated carbocycles. The van der Waals surface area contributed by atoms with E-state index < -0.39 is 17.7 Å². The molecule has 0 unspecified atom stereocenters. The minimum absolute atomic E-state index is 0.234. The molecule has 6 heteroatoms. The molecule has 0 amide bonds. The van der Waals surface area contributed by atoms with Gasteiger partial charge in [0.25, 0.3) is 0 Å². The Bertz CT molecular complexity index is 639. The van der Waals surface area contributed by atoms with Crippen molar-refractivity contribution >= 4 is 21.9 Å². The first-order valence-electron chi connectivity index (χ1n) is 5.97. The van der Waals surface area contributed by atoms with E-state index in [9.17, 15) is 18.0 Å². The van der Waals surface area contributed by atoms with Gasteiger partial charge in [-0.2, -0.15) is 13.2 Å². The molecule has 21 heavy (non-hydrogen) atoms. The molecule has 2 nitrogen and oxygen atoms in total. The number of halogens is 4. The third-order valence-corrected chi connectivity index (χ3v) is 3.07. The SMILES string of the molecule is O=C(Cc1cc(Br)cc(C(F)(F)F)c1)Oc1ccccc1. The molecule has 0 heterocycles. The Labute approximate surface area is 127 Å². The average Bonchev–Trinajstić information content (AvgIpc) is 2.37. The molecule has 2 rings (SSSR count). The molecule has 0 aliphatic heterocycles. The highest BCUT2D eigenvalue weighted by Gasteiger charge is 2.31. The number of benzene rings is 2. The summed E-state index contributed by atoms with van der Waals surface area (Å²) in [6.07, 6.45) is -4.70. The molecule has 0 aromatic heterocycles. The van der Waals surface area contributed by atoms with Crippen LogP contribution in [0.25, 0.3) is 0 Å². The van der Waals surface area contributed by atoms with Gasteiger partial charge in [0.1, 0.15) is 5.75 Å². The lowest BCUT2D eigenvalue weighted by atomic mass is 10.1. The van der Waals surface area contributed by atoms with Gasteiger partial charge in [0.15, 0.2) is 0 Å². The zero-order chi connectivity index (χ0) is 15.5. The maximum Gasteiger partial charge on any atom is 0.416 e. The third-order valence-electron chi connectivity index (χ3n) is 2.61. The van der Waals surface area contributed by atoms with Crippen LogP contribution in [0.5, 0.6) is 5.75 Å². The number of para-hydroxylation sites is 1. The Hall–Kier alpha value is -1.82. The second-order valence-corrected chi connectivity index (χ2v) is 5.23. The van der Waals surface area contributed by atoms with Crippen molar-refractivity contribution in [2.24, 2.45) is 0 Å². The van der Waals surface area contributed by atoms with E-state index in [1.807, 2.05) is 0 Å². The van der Waals surface area contributed by atoms with Crippen molar-refractivity contribution in [1.29, 1.82) is 0 Å². The van der Waals surface area contributed by atoms with Crippen LogP contribution in [-0.4, -0.2) is 5.97 Å². The fourth-order valence-corrected chi connectivity index (χ4v) is 2.28. The highest BCUT2D eigenvalue weighted by atomic mass is 79.9. The number of carbonyl (C=O) groups is 1. The zero-order valence-electron chi connectivity index (χ0n) is 10.7. The van der Waals surface area contributed by atoms with Crippen molar-refractivity contribution in [3.05, 3.63) is 64.1 Å². The molecule has 110 valence electrons. The van der Waals surface area contributed by atoms with Gasteiger partial charge in [-0.25, -0.2) is 0 Å². The zero-order valence-corrected chi connectivity index (χ0v) is 12.2. The summed E-state index contributed by atoms with van der Waals surface area (Å²) in [6, 6.07) is 11.7. The van der Waals surface area contributed by atoms with Crippen LogP contribution in [0.15, 0.2) is 53.0 Å². The molecule has 0 radical (unpaired) electrons.